The zero-order valence-electron chi connectivity index (χ0n) is 15.3. The summed E-state index contributed by atoms with van der Waals surface area (Å²) in [5.74, 6) is -0.343. The minimum absolute atomic E-state index is 0.133. The van der Waals surface area contributed by atoms with Crippen LogP contribution in [0.5, 0.6) is 0 Å². The summed E-state index contributed by atoms with van der Waals surface area (Å²) in [5.41, 5.74) is 2.94. The molecule has 0 aliphatic heterocycles. The van der Waals surface area contributed by atoms with Crippen LogP contribution in [0.4, 0.5) is 5.69 Å². The van der Waals surface area contributed by atoms with Gasteiger partial charge in [-0.1, -0.05) is 72.3 Å². The van der Waals surface area contributed by atoms with Gasteiger partial charge in [0.05, 0.1) is 16.7 Å². The van der Waals surface area contributed by atoms with Gasteiger partial charge in [0.2, 0.25) is 10.0 Å². The number of sulfonamides is 1. The number of rotatable bonds is 7. The first-order valence-electron chi connectivity index (χ1n) is 8.69. The maximum atomic E-state index is 12.8. The highest BCUT2D eigenvalue weighted by Crippen LogP contribution is 2.24. The molecule has 144 valence electrons. The largest absolute Gasteiger partial charge is 0.269 e. The Labute approximate surface area is 164 Å². The van der Waals surface area contributed by atoms with Crippen molar-refractivity contribution in [3.05, 3.63) is 111 Å². The van der Waals surface area contributed by atoms with E-state index in [4.69, 9.17) is 0 Å². The Balaban J connectivity index is 1.90. The third-order valence-corrected chi connectivity index (χ3v) is 5.63. The van der Waals surface area contributed by atoms with E-state index in [0.717, 1.165) is 16.7 Å². The van der Waals surface area contributed by atoms with Gasteiger partial charge < -0.3 is 0 Å². The molecule has 7 heteroatoms. The molecule has 0 saturated carbocycles. The van der Waals surface area contributed by atoms with Gasteiger partial charge >= 0.3 is 0 Å². The number of hydrogen-bond donors (Lipinski definition) is 1. The van der Waals surface area contributed by atoms with Gasteiger partial charge in [0.1, 0.15) is 0 Å². The molecule has 0 heterocycles. The quantitative estimate of drug-likeness (QED) is 0.481. The zero-order valence-corrected chi connectivity index (χ0v) is 16.1. The fraction of sp³-hybridized carbons (Fsp3) is 0.143. The first-order chi connectivity index (χ1) is 13.3. The number of nitro groups is 1. The lowest BCUT2D eigenvalue weighted by atomic mass is 9.99. The van der Waals surface area contributed by atoms with Crippen molar-refractivity contribution < 1.29 is 13.3 Å². The average molecular weight is 396 g/mol. The van der Waals surface area contributed by atoms with E-state index in [1.807, 2.05) is 61.5 Å². The fourth-order valence-electron chi connectivity index (χ4n) is 2.93. The molecule has 0 bridgehead atoms. The minimum Gasteiger partial charge on any atom is -0.258 e. The Morgan fingerprint density at radius 3 is 2.21 bits per heavy atom. The number of nitrogens with zero attached hydrogens (tertiary/aromatic N) is 1. The second kappa shape index (κ2) is 8.33. The summed E-state index contributed by atoms with van der Waals surface area (Å²) >= 11 is 0. The van der Waals surface area contributed by atoms with E-state index in [0.29, 0.717) is 5.56 Å². The van der Waals surface area contributed by atoms with Crippen LogP contribution < -0.4 is 4.72 Å². The van der Waals surface area contributed by atoms with Crippen molar-refractivity contribution >= 4 is 15.7 Å². The topological polar surface area (TPSA) is 89.3 Å². The van der Waals surface area contributed by atoms with Crippen molar-refractivity contribution in [3.63, 3.8) is 0 Å². The molecule has 0 fully saturated rings. The van der Waals surface area contributed by atoms with E-state index in [9.17, 15) is 18.5 Å². The Bertz CT molecular complexity index is 1070. The summed E-state index contributed by atoms with van der Waals surface area (Å²) in [5, 5.41) is 10.9. The molecule has 1 N–H and O–H groups in total. The highest BCUT2D eigenvalue weighted by molar-refractivity contribution is 7.88. The molecule has 0 amide bonds. The fourth-order valence-corrected chi connectivity index (χ4v) is 4.27. The molecule has 0 saturated heterocycles. The molecule has 6 nitrogen and oxygen atoms in total. The average Bonchev–Trinajstić information content (AvgIpc) is 2.67. The van der Waals surface area contributed by atoms with Gasteiger partial charge in [-0.25, -0.2) is 13.1 Å². The van der Waals surface area contributed by atoms with E-state index in [1.165, 1.54) is 18.2 Å². The Morgan fingerprint density at radius 1 is 0.929 bits per heavy atom. The Hall–Kier alpha value is -3.03. The molecule has 0 aliphatic rings. The van der Waals surface area contributed by atoms with Crippen LogP contribution in [-0.4, -0.2) is 13.3 Å². The second-order valence-electron chi connectivity index (χ2n) is 6.56. The number of aryl methyl sites for hydroxylation is 1. The van der Waals surface area contributed by atoms with Crippen molar-refractivity contribution in [1.29, 1.82) is 0 Å². The van der Waals surface area contributed by atoms with Crippen LogP contribution in [0, 0.1) is 17.0 Å². The summed E-state index contributed by atoms with van der Waals surface area (Å²) in [6, 6.07) is 22.1. The molecule has 0 unspecified atom stereocenters. The Kier molecular flexibility index (Phi) is 5.87. The molecular weight excluding hydrogens is 376 g/mol. The molecule has 1 atom stereocenters. The van der Waals surface area contributed by atoms with Gasteiger partial charge in [-0.05, 0) is 23.6 Å². The maximum Gasteiger partial charge on any atom is 0.269 e. The van der Waals surface area contributed by atoms with Crippen molar-refractivity contribution in [3.8, 4) is 0 Å². The van der Waals surface area contributed by atoms with Crippen LogP contribution in [-0.2, 0) is 15.8 Å². The maximum absolute atomic E-state index is 12.8. The summed E-state index contributed by atoms with van der Waals surface area (Å²) in [6.45, 7) is 1.97. The molecule has 3 aromatic carbocycles. The predicted molar refractivity (Wildman–Crippen MR) is 108 cm³/mol. The van der Waals surface area contributed by atoms with Crippen LogP contribution in [0.3, 0.4) is 0 Å². The predicted octanol–water partition coefficient (Wildman–Crippen LogP) is 4.11. The number of non-ortho nitro benzene ring substituents is 1. The number of benzene rings is 3. The van der Waals surface area contributed by atoms with E-state index in [1.54, 1.807) is 6.07 Å². The molecule has 0 aliphatic carbocycles. The van der Waals surface area contributed by atoms with Crippen LogP contribution in [0.2, 0.25) is 0 Å². The SMILES string of the molecule is Cc1ccc([C@@H](NS(=O)(=O)Cc2cccc([N+](=O)[O-])c2)c2ccccc2)cc1. The van der Waals surface area contributed by atoms with E-state index in [-0.39, 0.29) is 11.4 Å². The third-order valence-electron chi connectivity index (χ3n) is 4.32. The molecule has 3 rings (SSSR count). The van der Waals surface area contributed by atoms with Crippen LogP contribution in [0.15, 0.2) is 78.9 Å². The first kappa shape index (κ1) is 19.7. The number of hydrogen-bond acceptors (Lipinski definition) is 4. The van der Waals surface area contributed by atoms with Gasteiger partial charge in [0, 0.05) is 12.1 Å². The van der Waals surface area contributed by atoms with Gasteiger partial charge in [0.15, 0.2) is 0 Å². The van der Waals surface area contributed by atoms with E-state index < -0.39 is 21.0 Å². The highest BCUT2D eigenvalue weighted by atomic mass is 32.2. The molecular formula is C21H20N2O4S. The van der Waals surface area contributed by atoms with Crippen LogP contribution in [0.1, 0.15) is 28.3 Å². The van der Waals surface area contributed by atoms with Crippen molar-refractivity contribution in [1.82, 2.24) is 4.72 Å². The van der Waals surface area contributed by atoms with Gasteiger partial charge in [-0.15, -0.1) is 0 Å². The summed E-state index contributed by atoms with van der Waals surface area (Å²) < 4.78 is 28.4. The van der Waals surface area contributed by atoms with E-state index >= 15 is 0 Å². The smallest absolute Gasteiger partial charge is 0.258 e. The number of nitro benzene ring substituents is 1. The van der Waals surface area contributed by atoms with E-state index in [2.05, 4.69) is 4.72 Å². The van der Waals surface area contributed by atoms with Crippen LogP contribution >= 0.6 is 0 Å². The standard InChI is InChI=1S/C21H20N2O4S/c1-16-10-12-19(13-11-16)21(18-7-3-2-4-8-18)22-28(26,27)15-17-6-5-9-20(14-17)23(24)25/h2-14,21-22H,15H2,1H3/t21-/m0/s1. The highest BCUT2D eigenvalue weighted by Gasteiger charge is 2.22. The minimum atomic E-state index is -3.76. The lowest BCUT2D eigenvalue weighted by molar-refractivity contribution is -0.384. The second-order valence-corrected chi connectivity index (χ2v) is 8.31. The zero-order chi connectivity index (χ0) is 20.1. The normalized spacial score (nSPS) is 12.5. The third kappa shape index (κ3) is 5.03. The van der Waals surface area contributed by atoms with Crippen LogP contribution in [0.25, 0.3) is 0 Å². The number of nitrogens with one attached hydrogen (secondary N) is 1. The van der Waals surface area contributed by atoms with Gasteiger partial charge in [-0.3, -0.25) is 10.1 Å². The molecule has 0 aromatic heterocycles. The lowest BCUT2D eigenvalue weighted by Crippen LogP contribution is -2.30. The Morgan fingerprint density at radius 2 is 1.57 bits per heavy atom. The summed E-state index contributed by atoms with van der Waals surface area (Å²) in [7, 11) is -3.76. The summed E-state index contributed by atoms with van der Waals surface area (Å²) in [4.78, 5) is 10.4. The van der Waals surface area contributed by atoms with Gasteiger partial charge in [0.25, 0.3) is 5.69 Å². The van der Waals surface area contributed by atoms with Crippen molar-refractivity contribution in [2.45, 2.75) is 18.7 Å². The first-order valence-corrected chi connectivity index (χ1v) is 10.3. The molecule has 0 spiro atoms. The van der Waals surface area contributed by atoms with Crippen molar-refractivity contribution in [2.75, 3.05) is 0 Å². The molecule has 28 heavy (non-hydrogen) atoms. The monoisotopic (exact) mass is 396 g/mol. The molecule has 0 radical (unpaired) electrons. The lowest BCUT2D eigenvalue weighted by Gasteiger charge is -2.20. The summed E-state index contributed by atoms with van der Waals surface area (Å²) in [6.07, 6.45) is 0. The van der Waals surface area contributed by atoms with Crippen molar-refractivity contribution in [2.24, 2.45) is 0 Å². The van der Waals surface area contributed by atoms with Gasteiger partial charge in [-0.2, -0.15) is 0 Å². The molecule has 3 aromatic rings.